The molecule has 0 radical (unpaired) electrons. The van der Waals surface area contributed by atoms with Crippen molar-refractivity contribution in [3.8, 4) is 0 Å². The molecule has 0 spiro atoms. The van der Waals surface area contributed by atoms with Gasteiger partial charge in [0.15, 0.2) is 0 Å². The Kier molecular flexibility index (Phi) is 5.79. The predicted molar refractivity (Wildman–Crippen MR) is 74.3 cm³/mol. The fraction of sp³-hybridized carbons (Fsp3) is 1.00. The van der Waals surface area contributed by atoms with Crippen LogP contribution >= 0.6 is 0 Å². The summed E-state index contributed by atoms with van der Waals surface area (Å²) in [7, 11) is 0. The molecule has 0 aromatic heterocycles. The smallest absolute Gasteiger partial charge is 0.0111 e. The molecule has 0 bridgehead atoms. The Morgan fingerprint density at radius 3 is 2.71 bits per heavy atom. The van der Waals surface area contributed by atoms with E-state index in [2.05, 4.69) is 17.6 Å². The predicted octanol–water partition coefficient (Wildman–Crippen LogP) is 3.08. The average molecular weight is 238 g/mol. The molecular formula is C15H30N2. The minimum atomic E-state index is 0.802. The lowest BCUT2D eigenvalue weighted by atomic mass is 9.79. The summed E-state index contributed by atoms with van der Waals surface area (Å²) in [6, 6.07) is 1.62. The summed E-state index contributed by atoms with van der Waals surface area (Å²) in [4.78, 5) is 0. The molecule has 0 aromatic carbocycles. The Morgan fingerprint density at radius 1 is 1.06 bits per heavy atom. The Labute approximate surface area is 107 Å². The summed E-state index contributed by atoms with van der Waals surface area (Å²) in [6.07, 6.45) is 12.6. The topological polar surface area (TPSA) is 24.1 Å². The van der Waals surface area contributed by atoms with Gasteiger partial charge in [0.25, 0.3) is 0 Å². The lowest BCUT2D eigenvalue weighted by Gasteiger charge is -2.36. The van der Waals surface area contributed by atoms with Crippen LogP contribution in [0.2, 0.25) is 0 Å². The molecule has 0 amide bonds. The first kappa shape index (κ1) is 13.4. The molecule has 2 fully saturated rings. The van der Waals surface area contributed by atoms with Crippen LogP contribution in [0.4, 0.5) is 0 Å². The van der Waals surface area contributed by atoms with Gasteiger partial charge in [0.1, 0.15) is 0 Å². The van der Waals surface area contributed by atoms with E-state index in [1.165, 1.54) is 70.9 Å². The van der Waals surface area contributed by atoms with Gasteiger partial charge in [0.05, 0.1) is 0 Å². The van der Waals surface area contributed by atoms with Crippen molar-refractivity contribution in [1.29, 1.82) is 0 Å². The van der Waals surface area contributed by atoms with Crippen LogP contribution in [0.1, 0.15) is 64.7 Å². The van der Waals surface area contributed by atoms with Crippen LogP contribution in [0.3, 0.4) is 0 Å². The second kappa shape index (κ2) is 7.38. The third-order valence-electron chi connectivity index (χ3n) is 4.62. The lowest BCUT2D eigenvalue weighted by molar-refractivity contribution is 0.214. The van der Waals surface area contributed by atoms with Gasteiger partial charge in [-0.05, 0) is 51.1 Å². The van der Waals surface area contributed by atoms with Gasteiger partial charge >= 0.3 is 0 Å². The second-order valence-electron chi connectivity index (χ2n) is 5.92. The van der Waals surface area contributed by atoms with Crippen molar-refractivity contribution in [3.05, 3.63) is 0 Å². The van der Waals surface area contributed by atoms with Crippen molar-refractivity contribution in [2.24, 2.45) is 5.92 Å². The largest absolute Gasteiger partial charge is 0.314 e. The van der Waals surface area contributed by atoms with Gasteiger partial charge in [-0.2, -0.15) is 0 Å². The van der Waals surface area contributed by atoms with Gasteiger partial charge in [-0.25, -0.2) is 0 Å². The van der Waals surface area contributed by atoms with E-state index in [9.17, 15) is 0 Å². The van der Waals surface area contributed by atoms with E-state index in [1.54, 1.807) is 0 Å². The van der Waals surface area contributed by atoms with Gasteiger partial charge in [-0.1, -0.05) is 32.6 Å². The molecule has 1 saturated heterocycles. The molecule has 0 aromatic rings. The van der Waals surface area contributed by atoms with Crippen LogP contribution in [-0.4, -0.2) is 25.2 Å². The number of rotatable bonds is 6. The lowest BCUT2D eigenvalue weighted by Crippen LogP contribution is -2.47. The molecule has 100 valence electrons. The van der Waals surface area contributed by atoms with E-state index < -0.39 is 0 Å². The molecule has 17 heavy (non-hydrogen) atoms. The van der Waals surface area contributed by atoms with Crippen LogP contribution in [-0.2, 0) is 0 Å². The quantitative estimate of drug-likeness (QED) is 0.695. The third-order valence-corrected chi connectivity index (χ3v) is 4.62. The van der Waals surface area contributed by atoms with Crippen molar-refractivity contribution in [2.75, 3.05) is 13.1 Å². The first-order valence-electron chi connectivity index (χ1n) is 7.88. The molecule has 1 aliphatic heterocycles. The highest BCUT2D eigenvalue weighted by Gasteiger charge is 2.32. The van der Waals surface area contributed by atoms with E-state index in [-0.39, 0.29) is 0 Å². The van der Waals surface area contributed by atoms with E-state index in [0.29, 0.717) is 0 Å². The van der Waals surface area contributed by atoms with Crippen molar-refractivity contribution >= 4 is 0 Å². The maximum atomic E-state index is 3.84. The molecule has 3 atom stereocenters. The van der Waals surface area contributed by atoms with Crippen molar-refractivity contribution in [2.45, 2.75) is 76.8 Å². The molecule has 2 N–H and O–H groups in total. The fourth-order valence-corrected chi connectivity index (χ4v) is 3.63. The van der Waals surface area contributed by atoms with E-state index in [1.807, 2.05) is 0 Å². The van der Waals surface area contributed by atoms with Gasteiger partial charge in [-0.15, -0.1) is 0 Å². The summed E-state index contributed by atoms with van der Waals surface area (Å²) >= 11 is 0. The van der Waals surface area contributed by atoms with Crippen LogP contribution in [0.15, 0.2) is 0 Å². The van der Waals surface area contributed by atoms with Gasteiger partial charge < -0.3 is 10.6 Å². The Balaban J connectivity index is 1.75. The van der Waals surface area contributed by atoms with E-state index >= 15 is 0 Å². The maximum absolute atomic E-state index is 3.84. The van der Waals surface area contributed by atoms with Gasteiger partial charge in [0, 0.05) is 12.1 Å². The van der Waals surface area contributed by atoms with Gasteiger partial charge in [-0.3, -0.25) is 0 Å². The fourth-order valence-electron chi connectivity index (χ4n) is 3.63. The van der Waals surface area contributed by atoms with E-state index in [4.69, 9.17) is 0 Å². The summed E-state index contributed by atoms with van der Waals surface area (Å²) in [5.41, 5.74) is 0. The minimum absolute atomic E-state index is 0.802. The zero-order chi connectivity index (χ0) is 11.9. The molecule has 2 aliphatic rings. The summed E-state index contributed by atoms with van der Waals surface area (Å²) < 4.78 is 0. The molecule has 2 nitrogen and oxygen atoms in total. The summed E-state index contributed by atoms with van der Waals surface area (Å²) in [5.74, 6) is 0.910. The molecule has 1 heterocycles. The third kappa shape index (κ3) is 3.96. The molecule has 3 unspecified atom stereocenters. The van der Waals surface area contributed by atoms with Crippen LogP contribution < -0.4 is 10.6 Å². The molecule has 1 saturated carbocycles. The number of nitrogens with one attached hydrogen (secondary N) is 2. The molecule has 1 aliphatic carbocycles. The first-order valence-corrected chi connectivity index (χ1v) is 7.88. The van der Waals surface area contributed by atoms with E-state index in [0.717, 1.165) is 18.0 Å². The highest BCUT2D eigenvalue weighted by atomic mass is 15.0. The zero-order valence-corrected chi connectivity index (χ0v) is 11.5. The minimum Gasteiger partial charge on any atom is -0.314 e. The molecular weight excluding hydrogens is 208 g/mol. The van der Waals surface area contributed by atoms with Crippen molar-refractivity contribution < 1.29 is 0 Å². The van der Waals surface area contributed by atoms with Crippen molar-refractivity contribution in [3.63, 3.8) is 0 Å². The van der Waals surface area contributed by atoms with Crippen molar-refractivity contribution in [1.82, 2.24) is 10.6 Å². The van der Waals surface area contributed by atoms with Crippen LogP contribution in [0.25, 0.3) is 0 Å². The first-order chi connectivity index (χ1) is 8.42. The van der Waals surface area contributed by atoms with Gasteiger partial charge in [0.2, 0.25) is 0 Å². The molecule has 2 rings (SSSR count). The maximum Gasteiger partial charge on any atom is 0.0111 e. The zero-order valence-electron chi connectivity index (χ0n) is 11.5. The second-order valence-corrected chi connectivity index (χ2v) is 5.92. The number of hydrogen-bond donors (Lipinski definition) is 2. The summed E-state index contributed by atoms with van der Waals surface area (Å²) in [6.45, 7) is 4.78. The Hall–Kier alpha value is -0.0800. The SMILES string of the molecule is CCCCCNC1CCCCC1C1CCCN1. The highest BCUT2D eigenvalue weighted by Crippen LogP contribution is 2.30. The number of hydrogen-bond acceptors (Lipinski definition) is 2. The standard InChI is InChI=1S/C15H30N2/c1-2-3-6-11-16-14-9-5-4-8-13(14)15-10-7-12-17-15/h13-17H,2-12H2,1H3. The number of unbranched alkanes of at least 4 members (excludes halogenated alkanes) is 2. The normalized spacial score (nSPS) is 34.1. The monoisotopic (exact) mass is 238 g/mol. The average Bonchev–Trinajstić information content (AvgIpc) is 2.89. The summed E-state index contributed by atoms with van der Waals surface area (Å²) in [5, 5.41) is 7.56. The highest BCUT2D eigenvalue weighted by molar-refractivity contribution is 4.91. The van der Waals surface area contributed by atoms with Crippen LogP contribution in [0, 0.1) is 5.92 Å². The van der Waals surface area contributed by atoms with Crippen LogP contribution in [0.5, 0.6) is 0 Å². The Morgan fingerprint density at radius 2 is 1.94 bits per heavy atom. The Bertz CT molecular complexity index is 199. The molecule has 2 heteroatoms.